The molecule has 0 saturated carbocycles. The molecule has 0 aliphatic rings. The molecule has 1 N–H and O–H groups in total. The molecule has 0 spiro atoms. The van der Waals surface area contributed by atoms with E-state index in [0.717, 1.165) is 18.1 Å². The van der Waals surface area contributed by atoms with Gasteiger partial charge < -0.3 is 19.7 Å². The highest BCUT2D eigenvalue weighted by molar-refractivity contribution is 14.0. The van der Waals surface area contributed by atoms with Crippen LogP contribution in [-0.4, -0.2) is 50.8 Å². The van der Waals surface area contributed by atoms with Crippen molar-refractivity contribution in [3.63, 3.8) is 0 Å². The van der Waals surface area contributed by atoms with Gasteiger partial charge in [0.1, 0.15) is 5.75 Å². The summed E-state index contributed by atoms with van der Waals surface area (Å²) in [4.78, 5) is 6.46. The third-order valence-corrected chi connectivity index (χ3v) is 2.97. The molecule has 0 heterocycles. The molecule has 0 fully saturated rings. The number of nitrogens with one attached hydrogen (secondary N) is 1. The number of hydrogen-bond donors (Lipinski definition) is 1. The van der Waals surface area contributed by atoms with Gasteiger partial charge in [-0.05, 0) is 31.5 Å². The van der Waals surface area contributed by atoms with E-state index in [-0.39, 0.29) is 29.7 Å². The van der Waals surface area contributed by atoms with Crippen molar-refractivity contribution in [3.8, 4) is 5.75 Å². The highest BCUT2D eigenvalue weighted by Gasteiger charge is 2.08. The van der Waals surface area contributed by atoms with Crippen LogP contribution in [-0.2, 0) is 11.3 Å². The number of guanidine groups is 1. The van der Waals surface area contributed by atoms with E-state index in [1.807, 2.05) is 25.8 Å². The predicted molar refractivity (Wildman–Crippen MR) is 102 cm³/mol. The lowest BCUT2D eigenvalue weighted by molar-refractivity contribution is -0.0498. The Morgan fingerprint density at radius 3 is 2.46 bits per heavy atom. The number of benzene rings is 1. The standard InChI is InChI=1S/C16H25F2N3O2.HI/c1-4-19-16(20-10-11-22-5-2)21(3)12-13-6-8-14(9-7-13)23-15(17)18;/h6-9,15H,4-5,10-12H2,1-3H3,(H,19,20);1H. The third-order valence-electron chi connectivity index (χ3n) is 2.97. The molecule has 1 aromatic rings. The van der Waals surface area contributed by atoms with Crippen LogP contribution in [0.4, 0.5) is 8.78 Å². The zero-order valence-corrected chi connectivity index (χ0v) is 16.6. The topological polar surface area (TPSA) is 46.1 Å². The SMILES string of the molecule is CCNC(=NCCOCC)N(C)Cc1ccc(OC(F)F)cc1.I. The fourth-order valence-corrected chi connectivity index (χ4v) is 1.96. The van der Waals surface area contributed by atoms with Crippen LogP contribution in [0.25, 0.3) is 0 Å². The van der Waals surface area contributed by atoms with Gasteiger partial charge in [-0.2, -0.15) is 8.78 Å². The Labute approximate surface area is 159 Å². The molecule has 0 aromatic heterocycles. The molecule has 8 heteroatoms. The van der Waals surface area contributed by atoms with Gasteiger partial charge in [0, 0.05) is 26.7 Å². The summed E-state index contributed by atoms with van der Waals surface area (Å²) in [5, 5.41) is 3.21. The van der Waals surface area contributed by atoms with Crippen LogP contribution in [0.5, 0.6) is 5.75 Å². The van der Waals surface area contributed by atoms with Crippen LogP contribution in [0.3, 0.4) is 0 Å². The molecule has 5 nitrogen and oxygen atoms in total. The molecule has 0 aliphatic heterocycles. The van der Waals surface area contributed by atoms with Gasteiger partial charge in [0.15, 0.2) is 5.96 Å². The Morgan fingerprint density at radius 1 is 1.25 bits per heavy atom. The quantitative estimate of drug-likeness (QED) is 0.268. The van der Waals surface area contributed by atoms with Crippen LogP contribution in [0.1, 0.15) is 19.4 Å². The van der Waals surface area contributed by atoms with E-state index in [1.165, 1.54) is 12.1 Å². The van der Waals surface area contributed by atoms with Crippen molar-refractivity contribution in [3.05, 3.63) is 29.8 Å². The normalized spacial score (nSPS) is 11.2. The molecule has 1 rings (SSSR count). The molecule has 0 atom stereocenters. The fraction of sp³-hybridized carbons (Fsp3) is 0.562. The van der Waals surface area contributed by atoms with Gasteiger partial charge in [-0.3, -0.25) is 4.99 Å². The maximum absolute atomic E-state index is 12.1. The molecule has 0 amide bonds. The van der Waals surface area contributed by atoms with Crippen LogP contribution < -0.4 is 10.1 Å². The van der Waals surface area contributed by atoms with E-state index >= 15 is 0 Å². The summed E-state index contributed by atoms with van der Waals surface area (Å²) in [6.07, 6.45) is 0. The first kappa shape index (κ1) is 22.8. The van der Waals surface area contributed by atoms with Crippen LogP contribution in [0, 0.1) is 0 Å². The van der Waals surface area contributed by atoms with Crippen molar-refractivity contribution in [1.29, 1.82) is 0 Å². The van der Waals surface area contributed by atoms with Gasteiger partial charge in [-0.15, -0.1) is 24.0 Å². The molecule has 138 valence electrons. The molecule has 24 heavy (non-hydrogen) atoms. The predicted octanol–water partition coefficient (Wildman–Crippen LogP) is 3.34. The second kappa shape index (κ2) is 13.2. The minimum Gasteiger partial charge on any atom is -0.435 e. The molecule has 0 bridgehead atoms. The Kier molecular flexibility index (Phi) is 12.5. The Balaban J connectivity index is 0.00000529. The van der Waals surface area contributed by atoms with Gasteiger partial charge in [0.2, 0.25) is 0 Å². The average Bonchev–Trinajstić information content (AvgIpc) is 2.51. The first-order valence-corrected chi connectivity index (χ1v) is 7.67. The van der Waals surface area contributed by atoms with Gasteiger partial charge in [-0.25, -0.2) is 0 Å². The molecule has 0 saturated heterocycles. The van der Waals surface area contributed by atoms with Gasteiger partial charge in [-0.1, -0.05) is 12.1 Å². The number of aliphatic imine (C=N–C) groups is 1. The second-order valence-electron chi connectivity index (χ2n) is 4.81. The first-order valence-electron chi connectivity index (χ1n) is 7.67. The summed E-state index contributed by atoms with van der Waals surface area (Å²) in [7, 11) is 1.92. The van der Waals surface area contributed by atoms with E-state index in [1.54, 1.807) is 12.1 Å². The molecule has 1 aromatic carbocycles. The molecular formula is C16H26F2IN3O2. The highest BCUT2D eigenvalue weighted by Crippen LogP contribution is 2.15. The highest BCUT2D eigenvalue weighted by atomic mass is 127. The zero-order chi connectivity index (χ0) is 17.1. The number of hydrogen-bond acceptors (Lipinski definition) is 3. The zero-order valence-electron chi connectivity index (χ0n) is 14.3. The van der Waals surface area contributed by atoms with Crippen molar-refractivity contribution in [2.24, 2.45) is 4.99 Å². The van der Waals surface area contributed by atoms with Crippen LogP contribution >= 0.6 is 24.0 Å². The van der Waals surface area contributed by atoms with Gasteiger partial charge in [0.25, 0.3) is 0 Å². The maximum atomic E-state index is 12.1. The third kappa shape index (κ3) is 9.21. The maximum Gasteiger partial charge on any atom is 0.387 e. The van der Waals surface area contributed by atoms with Crippen molar-refractivity contribution in [2.75, 3.05) is 33.4 Å². The minimum atomic E-state index is -2.80. The van der Waals surface area contributed by atoms with Crippen molar-refractivity contribution in [2.45, 2.75) is 27.0 Å². The smallest absolute Gasteiger partial charge is 0.387 e. The van der Waals surface area contributed by atoms with Crippen molar-refractivity contribution < 1.29 is 18.3 Å². The number of alkyl halides is 2. The van der Waals surface area contributed by atoms with E-state index in [2.05, 4.69) is 15.0 Å². The first-order chi connectivity index (χ1) is 11.1. The number of halogens is 3. The lowest BCUT2D eigenvalue weighted by Crippen LogP contribution is -2.38. The summed E-state index contributed by atoms with van der Waals surface area (Å²) in [6.45, 7) is 4.36. The van der Waals surface area contributed by atoms with Crippen molar-refractivity contribution >= 4 is 29.9 Å². The average molecular weight is 457 g/mol. The number of ether oxygens (including phenoxy) is 2. The van der Waals surface area contributed by atoms with E-state index < -0.39 is 6.61 Å². The summed E-state index contributed by atoms with van der Waals surface area (Å²) in [6, 6.07) is 6.60. The lowest BCUT2D eigenvalue weighted by atomic mass is 10.2. The molecular weight excluding hydrogens is 431 g/mol. The lowest BCUT2D eigenvalue weighted by Gasteiger charge is -2.22. The van der Waals surface area contributed by atoms with E-state index in [9.17, 15) is 8.78 Å². The summed E-state index contributed by atoms with van der Waals surface area (Å²) in [5.74, 6) is 0.934. The van der Waals surface area contributed by atoms with Crippen molar-refractivity contribution in [1.82, 2.24) is 10.2 Å². The Hall–Kier alpha value is -1.16. The summed E-state index contributed by atoms with van der Waals surface area (Å²) in [5.41, 5.74) is 0.976. The monoisotopic (exact) mass is 457 g/mol. The minimum absolute atomic E-state index is 0. The molecule has 0 radical (unpaired) electrons. The Morgan fingerprint density at radius 2 is 1.92 bits per heavy atom. The summed E-state index contributed by atoms with van der Waals surface area (Å²) < 4.78 is 33.9. The van der Waals surface area contributed by atoms with E-state index in [0.29, 0.717) is 26.3 Å². The number of rotatable bonds is 9. The van der Waals surface area contributed by atoms with Gasteiger partial charge >= 0.3 is 6.61 Å². The van der Waals surface area contributed by atoms with Gasteiger partial charge in [0.05, 0.1) is 13.2 Å². The molecule has 0 unspecified atom stereocenters. The summed E-state index contributed by atoms with van der Waals surface area (Å²) >= 11 is 0. The molecule has 0 aliphatic carbocycles. The van der Waals surface area contributed by atoms with Crippen LogP contribution in [0.15, 0.2) is 29.3 Å². The van der Waals surface area contributed by atoms with Crippen LogP contribution in [0.2, 0.25) is 0 Å². The number of nitrogens with zero attached hydrogens (tertiary/aromatic N) is 2. The van der Waals surface area contributed by atoms with E-state index in [4.69, 9.17) is 4.74 Å². The largest absolute Gasteiger partial charge is 0.435 e. The fourth-order valence-electron chi connectivity index (χ4n) is 1.96. The Bertz CT molecular complexity index is 473. The second-order valence-corrected chi connectivity index (χ2v) is 4.81.